The van der Waals surface area contributed by atoms with Gasteiger partial charge in [0, 0.05) is 22.8 Å². The van der Waals surface area contributed by atoms with Crippen molar-refractivity contribution in [3.63, 3.8) is 0 Å². The first kappa shape index (κ1) is 13.2. The van der Waals surface area contributed by atoms with Gasteiger partial charge in [-0.25, -0.2) is 0 Å². The van der Waals surface area contributed by atoms with E-state index in [-0.39, 0.29) is 18.2 Å². The summed E-state index contributed by atoms with van der Waals surface area (Å²) in [7, 11) is 0. The molecule has 1 heterocycles. The van der Waals surface area contributed by atoms with E-state index in [1.54, 1.807) is 0 Å². The molecule has 0 saturated heterocycles. The molecule has 2 atom stereocenters. The molecule has 4 nitrogen and oxygen atoms in total. The molecular weight excluding hydrogens is 202 g/mol. The zero-order valence-electron chi connectivity index (χ0n) is 10.7. The Labute approximate surface area is 97.5 Å². The topological polar surface area (TPSA) is 60.9 Å². The van der Waals surface area contributed by atoms with Crippen molar-refractivity contribution in [3.05, 3.63) is 17.5 Å². The van der Waals surface area contributed by atoms with Crippen LogP contribution in [0.3, 0.4) is 0 Å². The van der Waals surface area contributed by atoms with E-state index in [1.807, 2.05) is 13.1 Å². The second kappa shape index (κ2) is 5.46. The van der Waals surface area contributed by atoms with Crippen molar-refractivity contribution < 1.29 is 5.11 Å². The molecule has 0 aromatic carbocycles. The van der Waals surface area contributed by atoms with Gasteiger partial charge in [-0.3, -0.25) is 5.10 Å². The molecule has 0 saturated carbocycles. The number of hydrogen-bond acceptors (Lipinski definition) is 3. The maximum Gasteiger partial charge on any atom is 0.0610 e. The molecule has 2 unspecified atom stereocenters. The normalized spacial score (nSPS) is 17.1. The molecule has 4 heteroatoms. The predicted molar refractivity (Wildman–Crippen MR) is 65.3 cm³/mol. The van der Waals surface area contributed by atoms with Gasteiger partial charge in [0.2, 0.25) is 0 Å². The van der Waals surface area contributed by atoms with Gasteiger partial charge in [0.1, 0.15) is 0 Å². The molecule has 0 spiro atoms. The summed E-state index contributed by atoms with van der Waals surface area (Å²) < 4.78 is 0. The lowest BCUT2D eigenvalue weighted by Gasteiger charge is -2.32. The number of H-pyrrole nitrogens is 1. The Hall–Kier alpha value is -0.870. The summed E-state index contributed by atoms with van der Waals surface area (Å²) in [5.41, 5.74) is 2.03. The van der Waals surface area contributed by atoms with E-state index in [2.05, 4.69) is 36.3 Å². The maximum absolute atomic E-state index is 9.45. The van der Waals surface area contributed by atoms with E-state index < -0.39 is 0 Å². The minimum atomic E-state index is -0.210. The van der Waals surface area contributed by atoms with E-state index in [1.165, 1.54) is 0 Å². The summed E-state index contributed by atoms with van der Waals surface area (Å²) in [6, 6.07) is 0.197. The molecular formula is C12H23N3O. The average Bonchev–Trinajstić information content (AvgIpc) is 2.65. The highest BCUT2D eigenvalue weighted by molar-refractivity contribution is 5.19. The minimum absolute atomic E-state index is 0.155. The van der Waals surface area contributed by atoms with Gasteiger partial charge in [-0.05, 0) is 27.2 Å². The van der Waals surface area contributed by atoms with Crippen molar-refractivity contribution >= 4 is 0 Å². The Morgan fingerprint density at radius 2 is 2.31 bits per heavy atom. The maximum atomic E-state index is 9.45. The number of aliphatic hydroxyl groups excluding tert-OH is 1. The van der Waals surface area contributed by atoms with E-state index in [0.29, 0.717) is 0 Å². The fourth-order valence-electron chi connectivity index (χ4n) is 2.15. The van der Waals surface area contributed by atoms with Crippen LogP contribution < -0.4 is 5.32 Å². The van der Waals surface area contributed by atoms with Gasteiger partial charge in [-0.2, -0.15) is 5.10 Å². The molecule has 92 valence electrons. The van der Waals surface area contributed by atoms with Crippen LogP contribution in [-0.2, 0) is 0 Å². The minimum Gasteiger partial charge on any atom is -0.394 e. The van der Waals surface area contributed by atoms with Crippen molar-refractivity contribution in [2.45, 2.75) is 52.1 Å². The summed E-state index contributed by atoms with van der Waals surface area (Å²) >= 11 is 0. The lowest BCUT2D eigenvalue weighted by molar-refractivity contribution is 0.154. The zero-order valence-corrected chi connectivity index (χ0v) is 10.7. The number of nitrogens with one attached hydrogen (secondary N) is 2. The van der Waals surface area contributed by atoms with Gasteiger partial charge in [0.15, 0.2) is 0 Å². The van der Waals surface area contributed by atoms with Crippen LogP contribution in [0.2, 0.25) is 0 Å². The lowest BCUT2D eigenvalue weighted by atomic mass is 9.95. The second-order valence-electron chi connectivity index (χ2n) is 4.79. The molecule has 1 aromatic rings. The van der Waals surface area contributed by atoms with Crippen LogP contribution in [0.15, 0.2) is 6.20 Å². The molecule has 0 aliphatic carbocycles. The highest BCUT2D eigenvalue weighted by Gasteiger charge is 2.25. The number of aromatic amines is 1. The number of hydrogen-bond donors (Lipinski definition) is 3. The second-order valence-corrected chi connectivity index (χ2v) is 4.79. The van der Waals surface area contributed by atoms with Crippen LogP contribution in [0.4, 0.5) is 0 Å². The third kappa shape index (κ3) is 3.06. The van der Waals surface area contributed by atoms with E-state index in [9.17, 15) is 5.11 Å². The van der Waals surface area contributed by atoms with Gasteiger partial charge in [-0.15, -0.1) is 0 Å². The largest absolute Gasteiger partial charge is 0.394 e. The van der Waals surface area contributed by atoms with Crippen LogP contribution in [-0.4, -0.2) is 27.4 Å². The van der Waals surface area contributed by atoms with Gasteiger partial charge >= 0.3 is 0 Å². The Kier molecular flexibility index (Phi) is 4.50. The van der Waals surface area contributed by atoms with Crippen molar-refractivity contribution in [2.75, 3.05) is 6.61 Å². The molecule has 1 aromatic heterocycles. The predicted octanol–water partition coefficient (Wildman–Crippen LogP) is 1.92. The van der Waals surface area contributed by atoms with Gasteiger partial charge < -0.3 is 10.4 Å². The molecule has 16 heavy (non-hydrogen) atoms. The summed E-state index contributed by atoms with van der Waals surface area (Å²) in [5.74, 6) is 0. The Balaban J connectivity index is 2.69. The van der Waals surface area contributed by atoms with E-state index in [4.69, 9.17) is 0 Å². The fourth-order valence-corrected chi connectivity index (χ4v) is 2.15. The third-order valence-electron chi connectivity index (χ3n) is 3.05. The molecule has 3 N–H and O–H groups in total. The van der Waals surface area contributed by atoms with Crippen LogP contribution in [0.1, 0.15) is 50.9 Å². The molecule has 0 bridgehead atoms. The standard InChI is InChI=1S/C12H23N3O/c1-5-6-12(4,8-16)14-9(2)11-7-13-15-10(11)3/h7,9,14,16H,5-6,8H2,1-4H3,(H,13,15). The lowest BCUT2D eigenvalue weighted by Crippen LogP contribution is -2.46. The molecule has 0 amide bonds. The number of aryl methyl sites for hydroxylation is 1. The fraction of sp³-hybridized carbons (Fsp3) is 0.750. The first-order valence-corrected chi connectivity index (χ1v) is 5.91. The van der Waals surface area contributed by atoms with Crippen LogP contribution in [0, 0.1) is 6.92 Å². The van der Waals surface area contributed by atoms with Crippen molar-refractivity contribution in [2.24, 2.45) is 0 Å². The summed E-state index contributed by atoms with van der Waals surface area (Å²) in [4.78, 5) is 0. The number of rotatable bonds is 6. The quantitative estimate of drug-likeness (QED) is 0.693. The van der Waals surface area contributed by atoms with Gasteiger partial charge in [0.25, 0.3) is 0 Å². The molecule has 0 fully saturated rings. The molecule has 1 rings (SSSR count). The smallest absolute Gasteiger partial charge is 0.0610 e. The first-order valence-electron chi connectivity index (χ1n) is 5.91. The number of nitrogens with zero attached hydrogens (tertiary/aromatic N) is 1. The van der Waals surface area contributed by atoms with Crippen LogP contribution in [0.25, 0.3) is 0 Å². The Morgan fingerprint density at radius 1 is 1.62 bits per heavy atom. The third-order valence-corrected chi connectivity index (χ3v) is 3.05. The monoisotopic (exact) mass is 225 g/mol. The number of aliphatic hydroxyl groups is 1. The first-order chi connectivity index (χ1) is 7.52. The van der Waals surface area contributed by atoms with E-state index >= 15 is 0 Å². The SMILES string of the molecule is CCCC(C)(CO)NC(C)c1cn[nH]c1C. The molecule has 0 aliphatic rings. The average molecular weight is 225 g/mol. The highest BCUT2D eigenvalue weighted by atomic mass is 16.3. The summed E-state index contributed by atoms with van der Waals surface area (Å²) in [5, 5.41) is 19.9. The summed E-state index contributed by atoms with van der Waals surface area (Å²) in [6.45, 7) is 8.45. The highest BCUT2D eigenvalue weighted by Crippen LogP contribution is 2.20. The van der Waals surface area contributed by atoms with Crippen LogP contribution in [0.5, 0.6) is 0 Å². The van der Waals surface area contributed by atoms with Crippen molar-refractivity contribution in [3.8, 4) is 0 Å². The summed E-state index contributed by atoms with van der Waals surface area (Å²) in [6.07, 6.45) is 3.86. The Morgan fingerprint density at radius 3 is 2.75 bits per heavy atom. The van der Waals surface area contributed by atoms with Crippen LogP contribution >= 0.6 is 0 Å². The van der Waals surface area contributed by atoms with E-state index in [0.717, 1.165) is 24.1 Å². The van der Waals surface area contributed by atoms with Crippen molar-refractivity contribution in [1.82, 2.24) is 15.5 Å². The molecule has 0 aliphatic heterocycles. The van der Waals surface area contributed by atoms with Crippen molar-refractivity contribution in [1.29, 1.82) is 0 Å². The zero-order chi connectivity index (χ0) is 12.2. The van der Waals surface area contributed by atoms with Gasteiger partial charge in [-0.1, -0.05) is 13.3 Å². The number of aromatic nitrogens is 2. The Bertz CT molecular complexity index is 324. The molecule has 0 radical (unpaired) electrons. The van der Waals surface area contributed by atoms with Gasteiger partial charge in [0.05, 0.1) is 12.8 Å².